The topological polar surface area (TPSA) is 65.2 Å². The largest absolute Gasteiger partial charge is 0.354 e. The molecule has 6 heteroatoms. The van der Waals surface area contributed by atoms with Crippen LogP contribution >= 0.6 is 0 Å². The summed E-state index contributed by atoms with van der Waals surface area (Å²) in [5.41, 5.74) is 3.05. The fourth-order valence-corrected chi connectivity index (χ4v) is 4.21. The van der Waals surface area contributed by atoms with Crippen molar-refractivity contribution >= 4 is 28.3 Å². The highest BCUT2D eigenvalue weighted by Gasteiger charge is 2.37. The smallest absolute Gasteiger partial charge is 0.257 e. The van der Waals surface area contributed by atoms with E-state index in [1.54, 1.807) is 11.1 Å². The maximum Gasteiger partial charge on any atom is 0.257 e. The first-order valence-electron chi connectivity index (χ1n) is 10.5. The Morgan fingerprint density at radius 1 is 1.13 bits per heavy atom. The van der Waals surface area contributed by atoms with Gasteiger partial charge in [-0.2, -0.15) is 0 Å². The minimum absolute atomic E-state index is 0.232. The second-order valence-corrected chi connectivity index (χ2v) is 8.54. The lowest BCUT2D eigenvalue weighted by Crippen LogP contribution is -2.37. The molecule has 31 heavy (non-hydrogen) atoms. The molecule has 2 N–H and O–H groups in total. The van der Waals surface area contributed by atoms with Crippen LogP contribution in [0.1, 0.15) is 48.8 Å². The first-order chi connectivity index (χ1) is 14.8. The van der Waals surface area contributed by atoms with Crippen molar-refractivity contribution < 1.29 is 14.0 Å². The number of aromatic nitrogens is 1. The number of carbonyl (C=O) groups is 2. The number of H-pyrrole nitrogens is 1. The van der Waals surface area contributed by atoms with Crippen LogP contribution in [0.25, 0.3) is 16.5 Å². The standard InChI is InChI=1S/C25H26FN3O2/c1-4-13-27-23(30)19-14-29(24(31)16-9-11-17(26)12-10-16)15-25(2,3)21-18-7-5-6-8-20(18)28-22(19)21/h5-12,14,28H,4,13,15H2,1-3H3,(H,27,30). The normalized spacial score (nSPS) is 15.2. The van der Waals surface area contributed by atoms with Crippen molar-refractivity contribution in [2.24, 2.45) is 0 Å². The molecule has 0 fully saturated rings. The van der Waals surface area contributed by atoms with E-state index < -0.39 is 11.2 Å². The maximum atomic E-state index is 13.4. The summed E-state index contributed by atoms with van der Waals surface area (Å²) in [4.78, 5) is 31.4. The average molecular weight is 420 g/mol. The van der Waals surface area contributed by atoms with Crippen molar-refractivity contribution in [3.05, 3.63) is 77.4 Å². The van der Waals surface area contributed by atoms with Gasteiger partial charge in [-0.25, -0.2) is 4.39 Å². The number of nitrogens with one attached hydrogen (secondary N) is 2. The molecule has 0 bridgehead atoms. The van der Waals surface area contributed by atoms with Crippen LogP contribution in [0, 0.1) is 5.82 Å². The number of nitrogens with zero attached hydrogens (tertiary/aromatic N) is 1. The van der Waals surface area contributed by atoms with Gasteiger partial charge >= 0.3 is 0 Å². The highest BCUT2D eigenvalue weighted by atomic mass is 19.1. The zero-order chi connectivity index (χ0) is 22.2. The van der Waals surface area contributed by atoms with E-state index in [1.165, 1.54) is 24.3 Å². The zero-order valence-electron chi connectivity index (χ0n) is 18.0. The Morgan fingerprint density at radius 2 is 1.84 bits per heavy atom. The van der Waals surface area contributed by atoms with Gasteiger partial charge < -0.3 is 15.2 Å². The van der Waals surface area contributed by atoms with Gasteiger partial charge in [-0.1, -0.05) is 39.0 Å². The molecule has 0 unspecified atom stereocenters. The van der Waals surface area contributed by atoms with Gasteiger partial charge in [-0.3, -0.25) is 9.59 Å². The highest BCUT2D eigenvalue weighted by molar-refractivity contribution is 6.21. The fraction of sp³-hybridized carbons (Fsp3) is 0.280. The molecule has 1 aliphatic heterocycles. The molecule has 160 valence electrons. The molecule has 2 heterocycles. The summed E-state index contributed by atoms with van der Waals surface area (Å²) in [6, 6.07) is 13.4. The number of para-hydroxylation sites is 1. The van der Waals surface area contributed by atoms with E-state index in [9.17, 15) is 14.0 Å². The lowest BCUT2D eigenvalue weighted by Gasteiger charge is -2.29. The monoisotopic (exact) mass is 419 g/mol. The lowest BCUT2D eigenvalue weighted by atomic mass is 9.81. The molecule has 1 aliphatic rings. The molecular formula is C25H26FN3O2. The van der Waals surface area contributed by atoms with E-state index in [0.717, 1.165) is 28.6 Å². The van der Waals surface area contributed by atoms with E-state index in [4.69, 9.17) is 0 Å². The summed E-state index contributed by atoms with van der Waals surface area (Å²) in [5.74, 6) is -0.906. The summed E-state index contributed by atoms with van der Waals surface area (Å²) in [6.45, 7) is 7.04. The molecule has 0 radical (unpaired) electrons. The summed E-state index contributed by atoms with van der Waals surface area (Å²) in [7, 11) is 0. The second kappa shape index (κ2) is 8.02. The Labute approximate surface area is 180 Å². The first kappa shape index (κ1) is 20.8. The van der Waals surface area contributed by atoms with Gasteiger partial charge in [0, 0.05) is 41.2 Å². The summed E-state index contributed by atoms with van der Waals surface area (Å²) >= 11 is 0. The molecule has 0 saturated carbocycles. The molecule has 0 aliphatic carbocycles. The Morgan fingerprint density at radius 3 is 2.55 bits per heavy atom. The van der Waals surface area contributed by atoms with Crippen LogP contribution in [0.4, 0.5) is 4.39 Å². The molecule has 4 rings (SSSR count). The van der Waals surface area contributed by atoms with Crippen LogP contribution in [0.5, 0.6) is 0 Å². The van der Waals surface area contributed by atoms with Gasteiger partial charge in [0.05, 0.1) is 11.3 Å². The number of aromatic amines is 1. The van der Waals surface area contributed by atoms with Crippen LogP contribution in [-0.2, 0) is 10.2 Å². The van der Waals surface area contributed by atoms with Crippen LogP contribution in [0.2, 0.25) is 0 Å². The minimum Gasteiger partial charge on any atom is -0.354 e. The lowest BCUT2D eigenvalue weighted by molar-refractivity contribution is -0.115. The van der Waals surface area contributed by atoms with E-state index in [2.05, 4.69) is 24.1 Å². The number of halogens is 1. The minimum atomic E-state index is -0.437. The van der Waals surface area contributed by atoms with Crippen molar-refractivity contribution in [2.45, 2.75) is 32.6 Å². The fourth-order valence-electron chi connectivity index (χ4n) is 4.21. The number of amides is 2. The third-order valence-corrected chi connectivity index (χ3v) is 5.63. The van der Waals surface area contributed by atoms with Crippen molar-refractivity contribution in [3.8, 4) is 0 Å². The zero-order valence-corrected chi connectivity index (χ0v) is 18.0. The van der Waals surface area contributed by atoms with Crippen LogP contribution < -0.4 is 5.32 Å². The molecule has 2 amide bonds. The van der Waals surface area contributed by atoms with Gasteiger partial charge in [0.25, 0.3) is 11.8 Å². The predicted molar refractivity (Wildman–Crippen MR) is 120 cm³/mol. The second-order valence-electron chi connectivity index (χ2n) is 8.54. The maximum absolute atomic E-state index is 13.4. The van der Waals surface area contributed by atoms with Crippen molar-refractivity contribution in [1.29, 1.82) is 0 Å². The molecule has 2 aromatic carbocycles. The van der Waals surface area contributed by atoms with Gasteiger partial charge in [-0.05, 0) is 42.3 Å². The first-order valence-corrected chi connectivity index (χ1v) is 10.5. The van der Waals surface area contributed by atoms with Crippen LogP contribution in [-0.4, -0.2) is 34.8 Å². The predicted octanol–water partition coefficient (Wildman–Crippen LogP) is 4.61. The third-order valence-electron chi connectivity index (χ3n) is 5.63. The molecule has 0 atom stereocenters. The van der Waals surface area contributed by atoms with E-state index in [-0.39, 0.29) is 11.8 Å². The molecule has 1 aromatic heterocycles. The van der Waals surface area contributed by atoms with Gasteiger partial charge in [0.15, 0.2) is 0 Å². The Balaban J connectivity index is 1.87. The third kappa shape index (κ3) is 3.85. The Bertz CT molecular complexity index is 1180. The van der Waals surface area contributed by atoms with Crippen LogP contribution in [0.15, 0.2) is 54.7 Å². The molecule has 3 aromatic rings. The van der Waals surface area contributed by atoms with Gasteiger partial charge in [-0.15, -0.1) is 0 Å². The number of rotatable bonds is 4. The van der Waals surface area contributed by atoms with Crippen molar-refractivity contribution in [3.63, 3.8) is 0 Å². The average Bonchev–Trinajstić information content (AvgIpc) is 3.10. The SMILES string of the molecule is CCCNC(=O)C1=CN(C(=O)c2ccc(F)cc2)CC(C)(C)c2c1[nH]c1ccccc21. The molecule has 5 nitrogen and oxygen atoms in total. The Hall–Kier alpha value is -3.41. The number of hydrogen-bond acceptors (Lipinski definition) is 2. The van der Waals surface area contributed by atoms with Crippen molar-refractivity contribution in [2.75, 3.05) is 13.1 Å². The van der Waals surface area contributed by atoms with Crippen molar-refractivity contribution in [1.82, 2.24) is 15.2 Å². The molecule has 0 spiro atoms. The van der Waals surface area contributed by atoms with E-state index in [1.807, 2.05) is 31.2 Å². The summed E-state index contributed by atoms with van der Waals surface area (Å²) < 4.78 is 13.4. The number of carbonyl (C=O) groups excluding carboxylic acids is 2. The molecule has 0 saturated heterocycles. The highest BCUT2D eigenvalue weighted by Crippen LogP contribution is 2.40. The quantitative estimate of drug-likeness (QED) is 0.649. The number of benzene rings is 2. The number of hydrogen-bond donors (Lipinski definition) is 2. The van der Waals surface area contributed by atoms with Gasteiger partial charge in [0.1, 0.15) is 5.82 Å². The summed E-state index contributed by atoms with van der Waals surface area (Å²) in [5, 5.41) is 3.97. The van der Waals surface area contributed by atoms with Gasteiger partial charge in [0.2, 0.25) is 0 Å². The van der Waals surface area contributed by atoms with Crippen LogP contribution in [0.3, 0.4) is 0 Å². The summed E-state index contributed by atoms with van der Waals surface area (Å²) in [6.07, 6.45) is 2.43. The Kier molecular flexibility index (Phi) is 5.39. The van der Waals surface area contributed by atoms with E-state index >= 15 is 0 Å². The number of fused-ring (bicyclic) bond motifs is 3. The van der Waals surface area contributed by atoms with E-state index in [0.29, 0.717) is 24.2 Å². The molecular weight excluding hydrogens is 393 g/mol.